The first-order chi connectivity index (χ1) is 16.1. The van der Waals surface area contributed by atoms with Crippen LogP contribution in [0.3, 0.4) is 0 Å². The summed E-state index contributed by atoms with van der Waals surface area (Å²) in [7, 11) is 0. The van der Waals surface area contributed by atoms with Crippen LogP contribution in [-0.4, -0.2) is 34.9 Å². The standard InChI is InChI=1S/C25H26FN3O4/c1-2-31-14-16-7-8-22-17(11-16)12-18(15-32-22)27-25(30)21-13-24-29(28-21)10-9-23(33-24)19-5-3-4-6-20(19)26/h3-8,11,13,18,23H,2,9-10,12,14-15H2,1H3,(H,27,30)/t18-,23?/m1/s1. The molecule has 7 nitrogen and oxygen atoms in total. The second-order valence-electron chi connectivity index (χ2n) is 8.27. The molecule has 1 amide bonds. The van der Waals surface area contributed by atoms with Crippen LogP contribution in [-0.2, 0) is 24.3 Å². The van der Waals surface area contributed by atoms with Crippen LogP contribution in [0.5, 0.6) is 11.6 Å². The van der Waals surface area contributed by atoms with Gasteiger partial charge in [0.05, 0.1) is 12.6 Å². The summed E-state index contributed by atoms with van der Waals surface area (Å²) < 4.78 is 33.1. The Morgan fingerprint density at radius 2 is 2.15 bits per heavy atom. The Bertz CT molecular complexity index is 1160. The van der Waals surface area contributed by atoms with Gasteiger partial charge in [-0.1, -0.05) is 24.3 Å². The summed E-state index contributed by atoms with van der Waals surface area (Å²) in [6.45, 7) is 4.11. The summed E-state index contributed by atoms with van der Waals surface area (Å²) in [5, 5.41) is 7.40. The highest BCUT2D eigenvalue weighted by Crippen LogP contribution is 2.32. The molecular formula is C25H26FN3O4. The number of nitrogens with zero attached hydrogens (tertiary/aromatic N) is 2. The molecule has 0 saturated carbocycles. The Morgan fingerprint density at radius 1 is 1.27 bits per heavy atom. The Morgan fingerprint density at radius 3 is 3.00 bits per heavy atom. The predicted octanol–water partition coefficient (Wildman–Crippen LogP) is 3.82. The molecule has 0 saturated heterocycles. The van der Waals surface area contributed by atoms with Gasteiger partial charge in [-0.2, -0.15) is 5.10 Å². The fraction of sp³-hybridized carbons (Fsp3) is 0.360. The first kappa shape index (κ1) is 21.5. The molecule has 172 valence electrons. The molecule has 1 N–H and O–H groups in total. The number of hydrogen-bond donors (Lipinski definition) is 1. The average molecular weight is 451 g/mol. The number of carbonyl (C=O) groups excluding carboxylic acids is 1. The fourth-order valence-corrected chi connectivity index (χ4v) is 4.27. The third kappa shape index (κ3) is 4.57. The highest BCUT2D eigenvalue weighted by molar-refractivity contribution is 5.92. The van der Waals surface area contributed by atoms with Crippen LogP contribution in [0.4, 0.5) is 4.39 Å². The van der Waals surface area contributed by atoms with Gasteiger partial charge in [0, 0.05) is 31.2 Å². The molecule has 0 bridgehead atoms. The van der Waals surface area contributed by atoms with Crippen molar-refractivity contribution >= 4 is 5.91 Å². The van der Waals surface area contributed by atoms with Crippen molar-refractivity contribution in [2.45, 2.75) is 45.1 Å². The molecule has 5 rings (SSSR count). The molecule has 1 unspecified atom stereocenters. The van der Waals surface area contributed by atoms with E-state index in [1.165, 1.54) is 6.07 Å². The summed E-state index contributed by atoms with van der Waals surface area (Å²) in [6.07, 6.45) is 0.842. The van der Waals surface area contributed by atoms with Crippen LogP contribution in [0.25, 0.3) is 0 Å². The molecular weight excluding hydrogens is 425 g/mol. The number of amides is 1. The smallest absolute Gasteiger partial charge is 0.272 e. The SMILES string of the molecule is CCOCc1ccc2c(c1)C[C@@H](NC(=O)c1cc3n(n1)CCC(c1ccccc1F)O3)CO2. The van der Waals surface area contributed by atoms with E-state index in [9.17, 15) is 9.18 Å². The van der Waals surface area contributed by atoms with E-state index in [4.69, 9.17) is 14.2 Å². The van der Waals surface area contributed by atoms with Crippen LogP contribution in [0.15, 0.2) is 48.5 Å². The quantitative estimate of drug-likeness (QED) is 0.617. The second kappa shape index (κ2) is 9.23. The molecule has 3 aromatic rings. The van der Waals surface area contributed by atoms with Gasteiger partial charge in [0.2, 0.25) is 5.88 Å². The highest BCUT2D eigenvalue weighted by atomic mass is 19.1. The number of rotatable bonds is 6. The van der Waals surface area contributed by atoms with Crippen molar-refractivity contribution < 1.29 is 23.4 Å². The zero-order valence-corrected chi connectivity index (χ0v) is 18.4. The lowest BCUT2D eigenvalue weighted by molar-refractivity contribution is 0.0909. The normalized spacial score (nSPS) is 19.1. The maximum atomic E-state index is 14.2. The maximum Gasteiger partial charge on any atom is 0.272 e. The van der Waals surface area contributed by atoms with E-state index in [0.29, 0.717) is 50.7 Å². The molecule has 1 aromatic heterocycles. The van der Waals surface area contributed by atoms with Crippen LogP contribution in [0.2, 0.25) is 0 Å². The minimum Gasteiger partial charge on any atom is -0.491 e. The number of benzene rings is 2. The number of ether oxygens (including phenoxy) is 3. The van der Waals surface area contributed by atoms with Crippen molar-refractivity contribution in [2.24, 2.45) is 0 Å². The van der Waals surface area contributed by atoms with Crippen LogP contribution in [0.1, 0.15) is 46.6 Å². The molecule has 33 heavy (non-hydrogen) atoms. The van der Waals surface area contributed by atoms with Crippen molar-refractivity contribution in [2.75, 3.05) is 13.2 Å². The van der Waals surface area contributed by atoms with Crippen LogP contribution < -0.4 is 14.8 Å². The van der Waals surface area contributed by atoms with Gasteiger partial charge in [-0.25, -0.2) is 9.07 Å². The van der Waals surface area contributed by atoms with Crippen LogP contribution in [0, 0.1) is 5.82 Å². The lowest BCUT2D eigenvalue weighted by Crippen LogP contribution is -2.42. The van der Waals surface area contributed by atoms with Crippen molar-refractivity contribution in [1.29, 1.82) is 0 Å². The molecule has 0 radical (unpaired) electrons. The molecule has 2 atom stereocenters. The van der Waals surface area contributed by atoms with Gasteiger partial charge >= 0.3 is 0 Å². The third-order valence-electron chi connectivity index (χ3n) is 5.93. The minimum atomic E-state index is -0.402. The van der Waals surface area contributed by atoms with Crippen molar-refractivity contribution in [3.05, 3.63) is 76.7 Å². The van der Waals surface area contributed by atoms with Crippen molar-refractivity contribution in [1.82, 2.24) is 15.1 Å². The molecule has 2 aromatic carbocycles. The molecule has 8 heteroatoms. The van der Waals surface area contributed by atoms with E-state index in [0.717, 1.165) is 16.9 Å². The minimum absolute atomic E-state index is 0.168. The number of fused-ring (bicyclic) bond motifs is 2. The number of hydrogen-bond acceptors (Lipinski definition) is 5. The van der Waals surface area contributed by atoms with E-state index < -0.39 is 6.10 Å². The molecule has 3 heterocycles. The van der Waals surface area contributed by atoms with Gasteiger partial charge in [0.1, 0.15) is 24.3 Å². The van der Waals surface area contributed by atoms with Gasteiger partial charge in [-0.3, -0.25) is 4.79 Å². The monoisotopic (exact) mass is 451 g/mol. The summed E-state index contributed by atoms with van der Waals surface area (Å²) in [6, 6.07) is 14.0. The molecule has 0 spiro atoms. The summed E-state index contributed by atoms with van der Waals surface area (Å²) in [4.78, 5) is 12.9. The number of nitrogens with one attached hydrogen (secondary N) is 1. The molecule has 0 aliphatic carbocycles. The number of aromatic nitrogens is 2. The zero-order chi connectivity index (χ0) is 22.8. The van der Waals surface area contributed by atoms with Gasteiger partial charge in [-0.05, 0) is 42.7 Å². The van der Waals surface area contributed by atoms with Gasteiger partial charge in [0.15, 0.2) is 5.69 Å². The average Bonchev–Trinajstić information content (AvgIpc) is 3.26. The number of halogens is 1. The lowest BCUT2D eigenvalue weighted by atomic mass is 10.0. The van der Waals surface area contributed by atoms with Crippen molar-refractivity contribution in [3.63, 3.8) is 0 Å². The first-order valence-electron chi connectivity index (χ1n) is 11.2. The van der Waals surface area contributed by atoms with E-state index in [2.05, 4.69) is 16.5 Å². The number of carbonyl (C=O) groups is 1. The Labute approximate surface area is 191 Å². The molecule has 2 aliphatic rings. The number of aryl methyl sites for hydroxylation is 1. The summed E-state index contributed by atoms with van der Waals surface area (Å²) in [5.41, 5.74) is 2.91. The summed E-state index contributed by atoms with van der Waals surface area (Å²) in [5.74, 6) is 0.720. The van der Waals surface area contributed by atoms with Gasteiger partial charge < -0.3 is 19.5 Å². The Balaban J connectivity index is 1.24. The largest absolute Gasteiger partial charge is 0.491 e. The van der Waals surface area contributed by atoms with E-state index >= 15 is 0 Å². The fourth-order valence-electron chi connectivity index (χ4n) is 4.27. The molecule has 2 aliphatic heterocycles. The Kier molecular flexibility index (Phi) is 6.00. The predicted molar refractivity (Wildman–Crippen MR) is 119 cm³/mol. The maximum absolute atomic E-state index is 14.2. The zero-order valence-electron chi connectivity index (χ0n) is 18.4. The van der Waals surface area contributed by atoms with E-state index in [1.54, 1.807) is 28.9 Å². The first-order valence-corrected chi connectivity index (χ1v) is 11.2. The topological polar surface area (TPSA) is 74.6 Å². The lowest BCUT2D eigenvalue weighted by Gasteiger charge is -2.26. The van der Waals surface area contributed by atoms with Crippen LogP contribution >= 0.6 is 0 Å². The third-order valence-corrected chi connectivity index (χ3v) is 5.93. The van der Waals surface area contributed by atoms with Gasteiger partial charge in [-0.15, -0.1) is 0 Å². The summed E-state index contributed by atoms with van der Waals surface area (Å²) >= 11 is 0. The van der Waals surface area contributed by atoms with Crippen molar-refractivity contribution in [3.8, 4) is 11.6 Å². The second-order valence-corrected chi connectivity index (χ2v) is 8.27. The Hall–Kier alpha value is -3.39. The molecule has 0 fully saturated rings. The van der Waals surface area contributed by atoms with E-state index in [-0.39, 0.29) is 23.5 Å². The van der Waals surface area contributed by atoms with Gasteiger partial charge in [0.25, 0.3) is 5.91 Å². The highest BCUT2D eigenvalue weighted by Gasteiger charge is 2.28. The van der Waals surface area contributed by atoms with E-state index in [1.807, 2.05) is 19.1 Å².